The number of thiophene rings is 1. The lowest BCUT2D eigenvalue weighted by Crippen LogP contribution is -2.21. The number of ketones is 1. The summed E-state index contributed by atoms with van der Waals surface area (Å²) in [5.41, 5.74) is 4.70. The van der Waals surface area contributed by atoms with Gasteiger partial charge in [0.2, 0.25) is 0 Å². The van der Waals surface area contributed by atoms with Crippen LogP contribution in [0.1, 0.15) is 9.67 Å². The molecule has 7 heteroatoms. The minimum atomic E-state index is -4.69. The fourth-order valence-corrected chi connectivity index (χ4v) is 2.20. The Morgan fingerprint density at radius 3 is 2.48 bits per heavy atom. The van der Waals surface area contributed by atoms with Crippen LogP contribution in [0.3, 0.4) is 0 Å². The van der Waals surface area contributed by atoms with Gasteiger partial charge in [0.15, 0.2) is 5.78 Å². The van der Waals surface area contributed by atoms with E-state index in [0.29, 0.717) is 6.08 Å². The fraction of sp³-hybridized carbons (Fsp3) is 0.0714. The van der Waals surface area contributed by atoms with E-state index in [0.717, 1.165) is 11.3 Å². The highest BCUT2D eigenvalue weighted by Crippen LogP contribution is 2.29. The lowest BCUT2D eigenvalue weighted by molar-refractivity contribution is -0.0903. The number of carbonyl (C=O) groups excluding carboxylic acids is 1. The normalized spacial score (nSPS) is 12.2. The molecule has 0 radical (unpaired) electrons. The highest BCUT2D eigenvalue weighted by atomic mass is 32.1. The SMILES string of the molecule is Nc1ccccc1N/C(=C\C(=O)c1cccs1)C(F)(F)F. The highest BCUT2D eigenvalue weighted by molar-refractivity contribution is 7.12. The van der Waals surface area contributed by atoms with Gasteiger partial charge in [0, 0.05) is 6.08 Å². The van der Waals surface area contributed by atoms with Crippen molar-refractivity contribution < 1.29 is 18.0 Å². The number of benzene rings is 1. The number of carbonyl (C=O) groups is 1. The Kier molecular flexibility index (Phi) is 4.32. The second kappa shape index (κ2) is 6.01. The molecule has 1 heterocycles. The molecule has 0 aliphatic rings. The maximum Gasteiger partial charge on any atom is 0.431 e. The molecule has 0 aliphatic carbocycles. The molecule has 0 amide bonds. The first-order chi connectivity index (χ1) is 9.88. The van der Waals surface area contributed by atoms with Crippen LogP contribution in [0.15, 0.2) is 53.6 Å². The summed E-state index contributed by atoms with van der Waals surface area (Å²) in [6.45, 7) is 0. The van der Waals surface area contributed by atoms with Gasteiger partial charge in [-0.25, -0.2) is 0 Å². The van der Waals surface area contributed by atoms with Crippen molar-refractivity contribution in [3.63, 3.8) is 0 Å². The molecule has 0 saturated carbocycles. The van der Waals surface area contributed by atoms with Crippen molar-refractivity contribution in [3.8, 4) is 0 Å². The number of para-hydroxylation sites is 2. The van der Waals surface area contributed by atoms with Crippen LogP contribution in [-0.4, -0.2) is 12.0 Å². The zero-order chi connectivity index (χ0) is 15.5. The number of hydrogen-bond donors (Lipinski definition) is 2. The third-order valence-electron chi connectivity index (χ3n) is 2.57. The van der Waals surface area contributed by atoms with Crippen molar-refractivity contribution in [1.82, 2.24) is 0 Å². The minimum Gasteiger partial charge on any atom is -0.397 e. The minimum absolute atomic E-state index is 0.0973. The highest BCUT2D eigenvalue weighted by Gasteiger charge is 2.35. The molecule has 2 rings (SSSR count). The van der Waals surface area contributed by atoms with Crippen molar-refractivity contribution in [2.75, 3.05) is 11.1 Å². The molecule has 2 aromatic rings. The van der Waals surface area contributed by atoms with Crippen molar-refractivity contribution in [2.24, 2.45) is 0 Å². The average Bonchev–Trinajstić information content (AvgIpc) is 2.93. The molecule has 1 aromatic heterocycles. The van der Waals surface area contributed by atoms with Gasteiger partial charge in [-0.2, -0.15) is 13.2 Å². The van der Waals surface area contributed by atoms with Gasteiger partial charge in [-0.3, -0.25) is 4.79 Å². The number of hydrogen-bond acceptors (Lipinski definition) is 4. The van der Waals surface area contributed by atoms with E-state index in [1.54, 1.807) is 23.6 Å². The molecule has 3 nitrogen and oxygen atoms in total. The Hall–Kier alpha value is -2.28. The first kappa shape index (κ1) is 15.1. The average molecular weight is 312 g/mol. The first-order valence-electron chi connectivity index (χ1n) is 5.86. The summed E-state index contributed by atoms with van der Waals surface area (Å²) in [5, 5.41) is 3.80. The van der Waals surface area contributed by atoms with E-state index in [1.165, 1.54) is 18.2 Å². The van der Waals surface area contributed by atoms with Gasteiger partial charge in [-0.05, 0) is 23.6 Å². The maximum atomic E-state index is 13.0. The van der Waals surface area contributed by atoms with E-state index >= 15 is 0 Å². The van der Waals surface area contributed by atoms with Gasteiger partial charge in [0.05, 0.1) is 16.3 Å². The van der Waals surface area contributed by atoms with Crippen LogP contribution in [0.25, 0.3) is 0 Å². The van der Waals surface area contributed by atoms with E-state index in [-0.39, 0.29) is 16.3 Å². The molecule has 0 spiro atoms. The van der Waals surface area contributed by atoms with Gasteiger partial charge in [-0.15, -0.1) is 11.3 Å². The molecule has 0 saturated heterocycles. The lowest BCUT2D eigenvalue weighted by atomic mass is 10.2. The Labute approximate surface area is 122 Å². The molecular formula is C14H11F3N2OS. The fourth-order valence-electron chi connectivity index (χ4n) is 1.57. The van der Waals surface area contributed by atoms with Crippen LogP contribution in [0.2, 0.25) is 0 Å². The topological polar surface area (TPSA) is 55.1 Å². The number of nitrogens with two attached hydrogens (primary N) is 1. The van der Waals surface area contributed by atoms with E-state index in [9.17, 15) is 18.0 Å². The molecule has 0 unspecified atom stereocenters. The largest absolute Gasteiger partial charge is 0.431 e. The smallest absolute Gasteiger partial charge is 0.397 e. The third kappa shape index (κ3) is 3.85. The van der Waals surface area contributed by atoms with Gasteiger partial charge in [0.25, 0.3) is 0 Å². The Morgan fingerprint density at radius 1 is 1.19 bits per heavy atom. The molecule has 0 bridgehead atoms. The first-order valence-corrected chi connectivity index (χ1v) is 6.74. The van der Waals surface area contributed by atoms with Crippen molar-refractivity contribution in [3.05, 3.63) is 58.4 Å². The second-order valence-corrected chi connectivity index (χ2v) is 5.06. The Bertz CT molecular complexity index is 663. The van der Waals surface area contributed by atoms with Crippen LogP contribution in [0.4, 0.5) is 24.5 Å². The number of allylic oxidation sites excluding steroid dienone is 2. The van der Waals surface area contributed by atoms with Gasteiger partial charge < -0.3 is 11.1 Å². The quantitative estimate of drug-likeness (QED) is 0.508. The standard InChI is InChI=1S/C14H11F3N2OS/c15-14(16,17)13(8-11(20)12-6-3-7-21-12)19-10-5-2-1-4-9(10)18/h1-8,19H,18H2/b13-8-. The molecule has 21 heavy (non-hydrogen) atoms. The van der Waals surface area contributed by atoms with Crippen LogP contribution in [0.5, 0.6) is 0 Å². The number of rotatable bonds is 4. The monoisotopic (exact) mass is 312 g/mol. The summed E-state index contributed by atoms with van der Waals surface area (Å²) in [6.07, 6.45) is -4.15. The van der Waals surface area contributed by atoms with Crippen molar-refractivity contribution >= 4 is 28.5 Å². The molecule has 1 aromatic carbocycles. The van der Waals surface area contributed by atoms with E-state index in [4.69, 9.17) is 5.73 Å². The van der Waals surface area contributed by atoms with Crippen LogP contribution in [-0.2, 0) is 0 Å². The number of anilines is 2. The molecular weight excluding hydrogens is 301 g/mol. The second-order valence-electron chi connectivity index (χ2n) is 4.11. The summed E-state index contributed by atoms with van der Waals surface area (Å²) in [7, 11) is 0. The van der Waals surface area contributed by atoms with Gasteiger partial charge >= 0.3 is 6.18 Å². The lowest BCUT2D eigenvalue weighted by Gasteiger charge is -2.15. The van der Waals surface area contributed by atoms with E-state index < -0.39 is 17.7 Å². The molecule has 110 valence electrons. The van der Waals surface area contributed by atoms with Crippen molar-refractivity contribution in [1.29, 1.82) is 0 Å². The van der Waals surface area contributed by atoms with Gasteiger partial charge in [0.1, 0.15) is 5.70 Å². The number of alkyl halides is 3. The summed E-state index contributed by atoms with van der Waals surface area (Å²) in [5.74, 6) is -0.709. The predicted octanol–water partition coefficient (Wildman–Crippen LogP) is 4.07. The predicted molar refractivity (Wildman–Crippen MR) is 77.3 cm³/mol. The van der Waals surface area contributed by atoms with E-state index in [2.05, 4.69) is 5.32 Å². The number of nitrogen functional groups attached to an aromatic ring is 1. The van der Waals surface area contributed by atoms with Crippen molar-refractivity contribution in [2.45, 2.75) is 6.18 Å². The molecule has 0 aliphatic heterocycles. The van der Waals surface area contributed by atoms with Gasteiger partial charge in [-0.1, -0.05) is 18.2 Å². The summed E-state index contributed by atoms with van der Waals surface area (Å²) in [4.78, 5) is 12.0. The molecule has 3 N–H and O–H groups in total. The number of halogens is 3. The summed E-state index contributed by atoms with van der Waals surface area (Å²) < 4.78 is 39.1. The Morgan fingerprint density at radius 2 is 1.90 bits per heavy atom. The van der Waals surface area contributed by atoms with Crippen LogP contribution >= 0.6 is 11.3 Å². The molecule has 0 fully saturated rings. The van der Waals surface area contributed by atoms with Crippen LogP contribution in [0, 0.1) is 0 Å². The Balaban J connectivity index is 2.32. The summed E-state index contributed by atoms with van der Waals surface area (Å²) in [6, 6.07) is 9.10. The summed E-state index contributed by atoms with van der Waals surface area (Å²) >= 11 is 1.08. The molecule has 0 atom stereocenters. The van der Waals surface area contributed by atoms with E-state index in [1.807, 2.05) is 0 Å². The maximum absolute atomic E-state index is 13.0. The van der Waals surface area contributed by atoms with Crippen LogP contribution < -0.4 is 11.1 Å². The zero-order valence-electron chi connectivity index (χ0n) is 10.6. The number of nitrogens with one attached hydrogen (secondary N) is 1. The third-order valence-corrected chi connectivity index (χ3v) is 3.46. The zero-order valence-corrected chi connectivity index (χ0v) is 11.5.